The van der Waals surface area contributed by atoms with Gasteiger partial charge in [0, 0.05) is 24.8 Å². The molecule has 0 amide bonds. The SMILES string of the molecule is Cc1cccc(COc2cc(N)ccc2N2CCOCC2)c1. The molecule has 1 aliphatic heterocycles. The molecule has 2 N–H and O–H groups in total. The van der Waals surface area contributed by atoms with Crippen molar-refractivity contribution in [1.82, 2.24) is 0 Å². The fraction of sp³-hybridized carbons (Fsp3) is 0.333. The summed E-state index contributed by atoms with van der Waals surface area (Å²) in [5.41, 5.74) is 10.1. The maximum absolute atomic E-state index is 6.05. The average Bonchev–Trinajstić information content (AvgIpc) is 2.54. The highest BCUT2D eigenvalue weighted by atomic mass is 16.5. The first-order valence-electron chi connectivity index (χ1n) is 7.63. The predicted molar refractivity (Wildman–Crippen MR) is 89.4 cm³/mol. The van der Waals surface area contributed by atoms with Crippen molar-refractivity contribution in [3.8, 4) is 5.75 Å². The van der Waals surface area contributed by atoms with E-state index in [-0.39, 0.29) is 0 Å². The summed E-state index contributed by atoms with van der Waals surface area (Å²) in [6.45, 7) is 5.89. The first-order chi connectivity index (χ1) is 10.7. The van der Waals surface area contributed by atoms with E-state index in [0.717, 1.165) is 49.0 Å². The van der Waals surface area contributed by atoms with Gasteiger partial charge < -0.3 is 20.1 Å². The molecule has 0 spiro atoms. The molecule has 1 heterocycles. The summed E-state index contributed by atoms with van der Waals surface area (Å²) in [5.74, 6) is 0.836. The van der Waals surface area contributed by atoms with Gasteiger partial charge in [-0.25, -0.2) is 0 Å². The van der Waals surface area contributed by atoms with Crippen molar-refractivity contribution in [3.05, 3.63) is 53.6 Å². The lowest BCUT2D eigenvalue weighted by molar-refractivity contribution is 0.122. The average molecular weight is 298 g/mol. The molecule has 1 fully saturated rings. The van der Waals surface area contributed by atoms with Crippen molar-refractivity contribution in [2.45, 2.75) is 13.5 Å². The van der Waals surface area contributed by atoms with Gasteiger partial charge in [0.05, 0.1) is 18.9 Å². The molecular weight excluding hydrogens is 276 g/mol. The van der Waals surface area contributed by atoms with Crippen LogP contribution < -0.4 is 15.4 Å². The van der Waals surface area contributed by atoms with Crippen molar-refractivity contribution in [2.24, 2.45) is 0 Å². The lowest BCUT2D eigenvalue weighted by Gasteiger charge is -2.30. The highest BCUT2D eigenvalue weighted by Crippen LogP contribution is 2.31. The van der Waals surface area contributed by atoms with Crippen molar-refractivity contribution < 1.29 is 9.47 Å². The third-order valence-electron chi connectivity index (χ3n) is 3.81. The number of benzene rings is 2. The fourth-order valence-electron chi connectivity index (χ4n) is 2.67. The summed E-state index contributed by atoms with van der Waals surface area (Å²) >= 11 is 0. The zero-order chi connectivity index (χ0) is 15.4. The molecule has 0 saturated carbocycles. The summed E-state index contributed by atoms with van der Waals surface area (Å²) in [6.07, 6.45) is 0. The first kappa shape index (κ1) is 14.7. The van der Waals surface area contributed by atoms with E-state index in [0.29, 0.717) is 6.61 Å². The van der Waals surface area contributed by atoms with Crippen molar-refractivity contribution >= 4 is 11.4 Å². The second-order valence-corrected chi connectivity index (χ2v) is 5.60. The molecule has 1 aliphatic rings. The van der Waals surface area contributed by atoms with E-state index in [1.54, 1.807) is 0 Å². The van der Waals surface area contributed by atoms with E-state index in [1.165, 1.54) is 5.56 Å². The highest BCUT2D eigenvalue weighted by Gasteiger charge is 2.16. The van der Waals surface area contributed by atoms with Gasteiger partial charge >= 0.3 is 0 Å². The van der Waals surface area contributed by atoms with E-state index in [9.17, 15) is 0 Å². The van der Waals surface area contributed by atoms with Crippen LogP contribution in [0.3, 0.4) is 0 Å². The van der Waals surface area contributed by atoms with Crippen LogP contribution in [0.5, 0.6) is 5.75 Å². The molecule has 2 aromatic carbocycles. The Morgan fingerprint density at radius 3 is 2.73 bits per heavy atom. The van der Waals surface area contributed by atoms with Crippen molar-refractivity contribution in [1.29, 1.82) is 0 Å². The molecule has 0 bridgehead atoms. The molecule has 0 radical (unpaired) electrons. The predicted octanol–water partition coefficient (Wildman–Crippen LogP) is 2.99. The van der Waals surface area contributed by atoms with E-state index in [4.69, 9.17) is 15.2 Å². The Morgan fingerprint density at radius 2 is 1.95 bits per heavy atom. The molecule has 3 rings (SSSR count). The number of ether oxygens (including phenoxy) is 2. The Morgan fingerprint density at radius 1 is 1.14 bits per heavy atom. The number of hydrogen-bond acceptors (Lipinski definition) is 4. The Labute approximate surface area is 131 Å². The molecule has 2 aromatic rings. The maximum atomic E-state index is 6.05. The lowest BCUT2D eigenvalue weighted by atomic mass is 10.1. The quantitative estimate of drug-likeness (QED) is 0.882. The van der Waals surface area contributed by atoms with Crippen molar-refractivity contribution in [2.75, 3.05) is 36.9 Å². The first-order valence-corrected chi connectivity index (χ1v) is 7.63. The van der Waals surface area contributed by atoms with Gasteiger partial charge in [-0.15, -0.1) is 0 Å². The van der Waals surface area contributed by atoms with E-state index < -0.39 is 0 Å². The van der Waals surface area contributed by atoms with Gasteiger partial charge in [0.2, 0.25) is 0 Å². The zero-order valence-corrected chi connectivity index (χ0v) is 12.9. The van der Waals surface area contributed by atoms with Crippen LogP contribution in [-0.4, -0.2) is 26.3 Å². The summed E-state index contributed by atoms with van der Waals surface area (Å²) in [7, 11) is 0. The number of nitrogens with two attached hydrogens (primary N) is 1. The van der Waals surface area contributed by atoms with Crippen molar-refractivity contribution in [3.63, 3.8) is 0 Å². The number of anilines is 2. The monoisotopic (exact) mass is 298 g/mol. The van der Waals surface area contributed by atoms with Gasteiger partial charge in [0.1, 0.15) is 12.4 Å². The molecule has 116 valence electrons. The Balaban J connectivity index is 1.78. The zero-order valence-electron chi connectivity index (χ0n) is 12.9. The number of hydrogen-bond donors (Lipinski definition) is 1. The number of nitrogen functional groups attached to an aromatic ring is 1. The summed E-state index contributed by atoms with van der Waals surface area (Å²) < 4.78 is 11.5. The number of rotatable bonds is 4. The number of nitrogens with zero attached hydrogens (tertiary/aromatic N) is 1. The van der Waals surface area contributed by atoms with E-state index in [1.807, 2.05) is 18.2 Å². The van der Waals surface area contributed by atoms with Crippen LogP contribution in [0.2, 0.25) is 0 Å². The van der Waals surface area contributed by atoms with Gasteiger partial charge in [-0.2, -0.15) is 0 Å². The summed E-state index contributed by atoms with van der Waals surface area (Å²) in [4.78, 5) is 2.29. The largest absolute Gasteiger partial charge is 0.487 e. The maximum Gasteiger partial charge on any atom is 0.145 e. The van der Waals surface area contributed by atoms with Crippen LogP contribution in [0.15, 0.2) is 42.5 Å². The smallest absolute Gasteiger partial charge is 0.145 e. The number of aryl methyl sites for hydroxylation is 1. The molecule has 0 aromatic heterocycles. The van der Waals surface area contributed by atoms with E-state index >= 15 is 0 Å². The molecule has 4 nitrogen and oxygen atoms in total. The third kappa shape index (κ3) is 3.52. The van der Waals surface area contributed by atoms with Gasteiger partial charge in [-0.3, -0.25) is 0 Å². The molecule has 0 atom stereocenters. The standard InChI is InChI=1S/C18H22N2O2/c1-14-3-2-4-15(11-14)13-22-18-12-16(19)5-6-17(18)20-7-9-21-10-8-20/h2-6,11-12H,7-10,13,19H2,1H3. The van der Waals surface area contributed by atoms with Crippen LogP contribution in [0.4, 0.5) is 11.4 Å². The molecular formula is C18H22N2O2. The van der Waals surface area contributed by atoms with E-state index in [2.05, 4.69) is 36.1 Å². The minimum Gasteiger partial charge on any atom is -0.487 e. The molecule has 1 saturated heterocycles. The Kier molecular flexibility index (Phi) is 4.49. The third-order valence-corrected chi connectivity index (χ3v) is 3.81. The fourth-order valence-corrected chi connectivity index (χ4v) is 2.67. The minimum atomic E-state index is 0.544. The van der Waals surface area contributed by atoms with Crippen LogP contribution in [-0.2, 0) is 11.3 Å². The number of morpholine rings is 1. The van der Waals surface area contributed by atoms with Crippen LogP contribution in [0, 0.1) is 6.92 Å². The van der Waals surface area contributed by atoms with Gasteiger partial charge in [0.25, 0.3) is 0 Å². The second kappa shape index (κ2) is 6.71. The summed E-state index contributed by atoms with van der Waals surface area (Å²) in [6, 6.07) is 14.2. The topological polar surface area (TPSA) is 47.7 Å². The normalized spacial score (nSPS) is 14.9. The minimum absolute atomic E-state index is 0.544. The highest BCUT2D eigenvalue weighted by molar-refractivity contribution is 5.64. The molecule has 22 heavy (non-hydrogen) atoms. The van der Waals surface area contributed by atoms with Crippen LogP contribution in [0.1, 0.15) is 11.1 Å². The Bertz CT molecular complexity index is 637. The second-order valence-electron chi connectivity index (χ2n) is 5.60. The van der Waals surface area contributed by atoms with Crippen LogP contribution in [0.25, 0.3) is 0 Å². The van der Waals surface area contributed by atoms with Gasteiger partial charge in [-0.05, 0) is 24.6 Å². The molecule has 4 heteroatoms. The molecule has 0 aliphatic carbocycles. The summed E-state index contributed by atoms with van der Waals surface area (Å²) in [5, 5.41) is 0. The van der Waals surface area contributed by atoms with Gasteiger partial charge in [0.15, 0.2) is 0 Å². The van der Waals surface area contributed by atoms with Gasteiger partial charge in [-0.1, -0.05) is 29.8 Å². The Hall–Kier alpha value is -2.20. The van der Waals surface area contributed by atoms with Crippen LogP contribution >= 0.6 is 0 Å². The lowest BCUT2D eigenvalue weighted by Crippen LogP contribution is -2.36. The molecule has 0 unspecified atom stereocenters.